The molecule has 5 rings (SSSR count). The van der Waals surface area contributed by atoms with Gasteiger partial charge < -0.3 is 4.90 Å². The van der Waals surface area contributed by atoms with Crippen molar-refractivity contribution in [2.75, 3.05) is 11.4 Å². The van der Waals surface area contributed by atoms with Gasteiger partial charge in [-0.1, -0.05) is 59.8 Å². The fourth-order valence-electron chi connectivity index (χ4n) is 4.35. The molecule has 3 nitrogen and oxygen atoms in total. The molecule has 2 unspecified atom stereocenters. The summed E-state index contributed by atoms with van der Waals surface area (Å²) in [7, 11) is 0. The van der Waals surface area contributed by atoms with Gasteiger partial charge in [0, 0.05) is 29.2 Å². The van der Waals surface area contributed by atoms with Gasteiger partial charge in [-0.05, 0) is 30.5 Å². The third-order valence-corrected chi connectivity index (χ3v) is 7.18. The molecule has 2 aromatic carbocycles. The second kappa shape index (κ2) is 5.61. The lowest BCUT2D eigenvalue weighted by Gasteiger charge is -2.44. The maximum Gasteiger partial charge on any atom is 0.265 e. The van der Waals surface area contributed by atoms with Crippen LogP contribution in [0.2, 0.25) is 5.02 Å². The summed E-state index contributed by atoms with van der Waals surface area (Å²) < 4.78 is -0.498. The normalized spacial score (nSPS) is 27.4. The van der Waals surface area contributed by atoms with Gasteiger partial charge in [-0.25, -0.2) is 4.99 Å². The number of anilines is 1. The molecular weight excluding hydrogens is 352 g/mol. The minimum absolute atomic E-state index is 0.0221. The Morgan fingerprint density at radius 1 is 1.20 bits per heavy atom. The zero-order chi connectivity index (χ0) is 17.0. The molecule has 2 aromatic rings. The average molecular weight is 369 g/mol. The number of nitrogens with zero attached hydrogens (tertiary/aromatic N) is 2. The molecule has 0 radical (unpaired) electrons. The van der Waals surface area contributed by atoms with E-state index in [0.717, 1.165) is 41.4 Å². The monoisotopic (exact) mass is 368 g/mol. The Balaban J connectivity index is 1.58. The van der Waals surface area contributed by atoms with Gasteiger partial charge in [0.2, 0.25) is 0 Å². The van der Waals surface area contributed by atoms with Gasteiger partial charge >= 0.3 is 0 Å². The third kappa shape index (κ3) is 2.27. The zero-order valence-corrected chi connectivity index (χ0v) is 15.2. The maximum atomic E-state index is 13.1. The predicted molar refractivity (Wildman–Crippen MR) is 104 cm³/mol. The number of hydrogen-bond acceptors (Lipinski definition) is 3. The molecule has 5 heteroatoms. The highest BCUT2D eigenvalue weighted by atomic mass is 35.5. The Bertz CT molecular complexity index is 898. The van der Waals surface area contributed by atoms with Crippen LogP contribution in [-0.2, 0) is 11.2 Å². The van der Waals surface area contributed by atoms with Crippen LogP contribution in [0.5, 0.6) is 0 Å². The molecule has 3 heterocycles. The third-order valence-electron chi connectivity index (χ3n) is 5.47. The molecule has 2 atom stereocenters. The fourth-order valence-corrected chi connectivity index (χ4v) is 5.98. The van der Waals surface area contributed by atoms with E-state index >= 15 is 0 Å². The second-order valence-electron chi connectivity index (χ2n) is 6.88. The molecular formula is C20H17ClN2OS. The lowest BCUT2D eigenvalue weighted by Crippen LogP contribution is -2.55. The SMILES string of the molecule is O=C1N=C(c2ccccc2)SC12Cc1ccc(Cl)cc1N1CCCC12. The summed E-state index contributed by atoms with van der Waals surface area (Å²) in [4.78, 5) is 20.0. The van der Waals surface area contributed by atoms with Crippen LogP contribution in [0.4, 0.5) is 5.69 Å². The van der Waals surface area contributed by atoms with Crippen LogP contribution in [0.15, 0.2) is 53.5 Å². The molecule has 0 N–H and O–H groups in total. The van der Waals surface area contributed by atoms with Crippen LogP contribution in [0.25, 0.3) is 0 Å². The van der Waals surface area contributed by atoms with Gasteiger partial charge in [0.25, 0.3) is 5.91 Å². The first-order valence-electron chi connectivity index (χ1n) is 8.60. The molecule has 126 valence electrons. The summed E-state index contributed by atoms with van der Waals surface area (Å²) in [5.74, 6) is 0.0221. The van der Waals surface area contributed by atoms with E-state index in [1.807, 2.05) is 42.5 Å². The van der Waals surface area contributed by atoms with Crippen molar-refractivity contribution in [2.45, 2.75) is 30.1 Å². The Labute approximate surface area is 156 Å². The van der Waals surface area contributed by atoms with Gasteiger partial charge in [-0.3, -0.25) is 4.79 Å². The first-order valence-corrected chi connectivity index (χ1v) is 9.79. The largest absolute Gasteiger partial charge is 0.366 e. The fraction of sp³-hybridized carbons (Fsp3) is 0.300. The Morgan fingerprint density at radius 3 is 2.88 bits per heavy atom. The Kier molecular flexibility index (Phi) is 3.47. The Morgan fingerprint density at radius 2 is 2.04 bits per heavy atom. The predicted octanol–water partition coefficient (Wildman–Crippen LogP) is 4.32. The van der Waals surface area contributed by atoms with Crippen LogP contribution >= 0.6 is 23.4 Å². The summed E-state index contributed by atoms with van der Waals surface area (Å²) >= 11 is 7.89. The lowest BCUT2D eigenvalue weighted by molar-refractivity contribution is -0.120. The highest BCUT2D eigenvalue weighted by Crippen LogP contribution is 2.52. The molecule has 1 amide bonds. The van der Waals surface area contributed by atoms with Crippen molar-refractivity contribution in [3.8, 4) is 0 Å². The van der Waals surface area contributed by atoms with Gasteiger partial charge in [0.15, 0.2) is 0 Å². The maximum absolute atomic E-state index is 13.1. The van der Waals surface area contributed by atoms with Crippen molar-refractivity contribution in [1.29, 1.82) is 0 Å². The quantitative estimate of drug-likeness (QED) is 0.751. The summed E-state index contributed by atoms with van der Waals surface area (Å²) in [5.41, 5.74) is 3.43. The first-order chi connectivity index (χ1) is 12.2. The van der Waals surface area contributed by atoms with E-state index in [1.54, 1.807) is 11.8 Å². The standard InChI is InChI=1S/C20H17ClN2OS/c21-15-9-8-14-12-20(17-7-4-10-23(17)16(14)11-15)19(24)22-18(25-20)13-5-2-1-3-6-13/h1-3,5-6,8-9,11,17H,4,7,10,12H2. The van der Waals surface area contributed by atoms with Crippen molar-refractivity contribution in [3.63, 3.8) is 0 Å². The van der Waals surface area contributed by atoms with Crippen molar-refractivity contribution in [3.05, 3.63) is 64.7 Å². The number of halogens is 1. The van der Waals surface area contributed by atoms with E-state index in [-0.39, 0.29) is 11.9 Å². The smallest absolute Gasteiger partial charge is 0.265 e. The van der Waals surface area contributed by atoms with E-state index in [2.05, 4.69) is 16.0 Å². The Hall–Kier alpha value is -1.78. The molecule has 25 heavy (non-hydrogen) atoms. The minimum Gasteiger partial charge on any atom is -0.366 e. The first kappa shape index (κ1) is 15.5. The van der Waals surface area contributed by atoms with Crippen LogP contribution in [-0.4, -0.2) is 28.3 Å². The van der Waals surface area contributed by atoms with Crippen molar-refractivity contribution in [1.82, 2.24) is 0 Å². The molecule has 0 aromatic heterocycles. The molecule has 1 fully saturated rings. The number of fused-ring (bicyclic) bond motifs is 4. The topological polar surface area (TPSA) is 32.7 Å². The summed E-state index contributed by atoms with van der Waals surface area (Å²) in [5, 5.41) is 1.61. The van der Waals surface area contributed by atoms with E-state index in [4.69, 9.17) is 11.6 Å². The van der Waals surface area contributed by atoms with Crippen molar-refractivity contribution >= 4 is 40.0 Å². The lowest BCUT2D eigenvalue weighted by atomic mass is 9.84. The number of carbonyl (C=O) groups excluding carboxylic acids is 1. The number of thioether (sulfide) groups is 1. The van der Waals surface area contributed by atoms with Crippen LogP contribution in [0.3, 0.4) is 0 Å². The number of amides is 1. The molecule has 3 aliphatic heterocycles. The molecule has 1 saturated heterocycles. The second-order valence-corrected chi connectivity index (χ2v) is 8.64. The molecule has 0 aliphatic carbocycles. The number of rotatable bonds is 1. The summed E-state index contributed by atoms with van der Waals surface area (Å²) in [6, 6.07) is 16.3. The van der Waals surface area contributed by atoms with E-state index < -0.39 is 4.75 Å². The zero-order valence-electron chi connectivity index (χ0n) is 13.6. The van der Waals surface area contributed by atoms with Crippen LogP contribution < -0.4 is 4.90 Å². The molecule has 0 bridgehead atoms. The number of aliphatic imine (C=N–C) groups is 1. The minimum atomic E-state index is -0.498. The summed E-state index contributed by atoms with van der Waals surface area (Å²) in [6.07, 6.45) is 2.86. The highest BCUT2D eigenvalue weighted by molar-refractivity contribution is 8.16. The van der Waals surface area contributed by atoms with E-state index in [0.29, 0.717) is 0 Å². The van der Waals surface area contributed by atoms with E-state index in [1.165, 1.54) is 11.3 Å². The highest BCUT2D eigenvalue weighted by Gasteiger charge is 2.57. The van der Waals surface area contributed by atoms with Gasteiger partial charge in [-0.15, -0.1) is 0 Å². The van der Waals surface area contributed by atoms with Crippen LogP contribution in [0, 0.1) is 0 Å². The molecule has 1 spiro atoms. The van der Waals surface area contributed by atoms with Gasteiger partial charge in [0.05, 0.1) is 6.04 Å². The number of hydrogen-bond donors (Lipinski definition) is 0. The van der Waals surface area contributed by atoms with Crippen LogP contribution in [0.1, 0.15) is 24.0 Å². The average Bonchev–Trinajstić information content (AvgIpc) is 3.24. The van der Waals surface area contributed by atoms with Gasteiger partial charge in [0.1, 0.15) is 9.79 Å². The summed E-state index contributed by atoms with van der Waals surface area (Å²) in [6.45, 7) is 0.980. The van der Waals surface area contributed by atoms with Crippen molar-refractivity contribution < 1.29 is 4.79 Å². The molecule has 0 saturated carbocycles. The van der Waals surface area contributed by atoms with Crippen molar-refractivity contribution in [2.24, 2.45) is 4.99 Å². The number of carbonyl (C=O) groups is 1. The van der Waals surface area contributed by atoms with E-state index in [9.17, 15) is 4.79 Å². The number of benzene rings is 2. The van der Waals surface area contributed by atoms with Gasteiger partial charge in [-0.2, -0.15) is 0 Å². The molecule has 3 aliphatic rings.